The van der Waals surface area contributed by atoms with Crippen LogP contribution in [0.2, 0.25) is 0 Å². The second-order valence-corrected chi connectivity index (χ2v) is 10.2. The van der Waals surface area contributed by atoms with Crippen molar-refractivity contribution in [2.24, 2.45) is 0 Å². The minimum atomic E-state index is -0.995. The minimum absolute atomic E-state index is 0.0752. The number of carboxylic acids is 1. The normalized spacial score (nSPS) is 16.8. The van der Waals surface area contributed by atoms with Gasteiger partial charge in [-0.1, -0.05) is 36.4 Å². The first-order valence-corrected chi connectivity index (χ1v) is 12.6. The third kappa shape index (κ3) is 3.91. The first-order valence-electron chi connectivity index (χ1n) is 12.6. The molecule has 2 saturated heterocycles. The lowest BCUT2D eigenvalue weighted by Crippen LogP contribution is -2.77. The summed E-state index contributed by atoms with van der Waals surface area (Å²) < 4.78 is 6.42. The van der Waals surface area contributed by atoms with Gasteiger partial charge in [0.15, 0.2) is 11.3 Å². The number of nitrogens with one attached hydrogen (secondary N) is 1. The van der Waals surface area contributed by atoms with Crippen molar-refractivity contribution < 1.29 is 14.3 Å². The summed E-state index contributed by atoms with van der Waals surface area (Å²) in [6.45, 7) is 6.53. The molecule has 0 saturated carbocycles. The van der Waals surface area contributed by atoms with Crippen molar-refractivity contribution in [2.75, 3.05) is 34.8 Å². The minimum Gasteiger partial charge on any atom is -0.478 e. The van der Waals surface area contributed by atoms with Crippen LogP contribution in [-0.2, 0) is 0 Å². The molecular weight excluding hydrogens is 466 g/mol. The van der Waals surface area contributed by atoms with Crippen LogP contribution in [0.4, 0.5) is 17.3 Å². The molecule has 1 unspecified atom stereocenters. The van der Waals surface area contributed by atoms with Gasteiger partial charge >= 0.3 is 5.97 Å². The summed E-state index contributed by atoms with van der Waals surface area (Å²) in [6.07, 6.45) is 1.12. The van der Waals surface area contributed by atoms with Crippen LogP contribution < -0.4 is 20.5 Å². The number of nitrogens with zero attached hydrogens (tertiary/aromatic N) is 2. The topological polar surface area (TPSA) is 86.0 Å². The summed E-state index contributed by atoms with van der Waals surface area (Å²) in [5.74, 6) is -0.420. The van der Waals surface area contributed by atoms with Crippen molar-refractivity contribution in [3.05, 3.63) is 99.7 Å². The van der Waals surface area contributed by atoms with E-state index in [0.29, 0.717) is 22.5 Å². The van der Waals surface area contributed by atoms with Crippen LogP contribution in [-0.4, -0.2) is 36.2 Å². The van der Waals surface area contributed by atoms with E-state index >= 15 is 0 Å². The molecule has 2 aliphatic rings. The summed E-state index contributed by atoms with van der Waals surface area (Å²) in [5, 5.41) is 13.4. The Balaban J connectivity index is 1.31. The van der Waals surface area contributed by atoms with E-state index < -0.39 is 5.97 Å². The molecule has 2 aliphatic heterocycles. The van der Waals surface area contributed by atoms with Crippen molar-refractivity contribution >= 4 is 34.2 Å². The molecule has 0 bridgehead atoms. The number of aryl methyl sites for hydroxylation is 1. The number of aromatic carboxylic acids is 1. The van der Waals surface area contributed by atoms with Gasteiger partial charge in [0.1, 0.15) is 5.58 Å². The van der Waals surface area contributed by atoms with E-state index in [0.717, 1.165) is 37.2 Å². The van der Waals surface area contributed by atoms with Crippen LogP contribution in [0.25, 0.3) is 11.0 Å². The lowest BCUT2D eigenvalue weighted by molar-refractivity contribution is 0.0698. The van der Waals surface area contributed by atoms with Gasteiger partial charge in [-0.05, 0) is 56.2 Å². The molecule has 1 spiro atoms. The van der Waals surface area contributed by atoms with E-state index in [9.17, 15) is 14.7 Å². The molecule has 7 nitrogen and oxygen atoms in total. The molecule has 2 N–H and O–H groups in total. The highest BCUT2D eigenvalue weighted by Gasteiger charge is 2.54. The fraction of sp³-hybridized carbons (Fsp3) is 0.267. The van der Waals surface area contributed by atoms with Gasteiger partial charge in [0.05, 0.1) is 22.5 Å². The van der Waals surface area contributed by atoms with Crippen LogP contribution in [0.1, 0.15) is 40.9 Å². The predicted octanol–water partition coefficient (Wildman–Crippen LogP) is 5.44. The Morgan fingerprint density at radius 1 is 1.05 bits per heavy atom. The Bertz CT molecular complexity index is 1560. The Morgan fingerprint density at radius 3 is 2.49 bits per heavy atom. The van der Waals surface area contributed by atoms with Gasteiger partial charge in [0, 0.05) is 42.6 Å². The largest absolute Gasteiger partial charge is 0.478 e. The third-order valence-electron chi connectivity index (χ3n) is 7.71. The highest BCUT2D eigenvalue weighted by molar-refractivity contribution is 5.94. The molecule has 0 amide bonds. The molecule has 1 aromatic heterocycles. The summed E-state index contributed by atoms with van der Waals surface area (Å²) in [6, 6.07) is 22.4. The van der Waals surface area contributed by atoms with Crippen molar-refractivity contribution in [2.45, 2.75) is 31.8 Å². The molecule has 4 aromatic rings. The predicted molar refractivity (Wildman–Crippen MR) is 146 cm³/mol. The van der Waals surface area contributed by atoms with Gasteiger partial charge in [-0.15, -0.1) is 0 Å². The number of anilines is 3. The fourth-order valence-electron chi connectivity index (χ4n) is 5.71. The molecule has 188 valence electrons. The summed E-state index contributed by atoms with van der Waals surface area (Å²) in [5.41, 5.74) is 4.25. The lowest BCUT2D eigenvalue weighted by atomic mass is 9.77. The van der Waals surface area contributed by atoms with Crippen molar-refractivity contribution in [3.63, 3.8) is 0 Å². The van der Waals surface area contributed by atoms with Crippen molar-refractivity contribution in [1.82, 2.24) is 0 Å². The number of hydrogen-bond acceptors (Lipinski definition) is 6. The maximum absolute atomic E-state index is 13.2. The molecule has 6 rings (SSSR count). The van der Waals surface area contributed by atoms with Gasteiger partial charge in [-0.3, -0.25) is 4.79 Å². The second-order valence-electron chi connectivity index (χ2n) is 10.2. The molecule has 37 heavy (non-hydrogen) atoms. The molecule has 7 heteroatoms. The third-order valence-corrected chi connectivity index (χ3v) is 7.71. The molecule has 1 atom stereocenters. The number of para-hydroxylation sites is 2. The molecule has 2 fully saturated rings. The standard InChI is InChI=1S/C30H29N3O4/c1-19-14-23(20(2)31-25-11-7-6-10-22(25)29(35)36)28-24(15-19)26(34)16-27(37-28)32-17-30(18-32)12-13-33(30)21-8-4-3-5-9-21/h3-11,14-16,20,31H,12-13,17-18H2,1-2H3,(H,35,36). The van der Waals surface area contributed by atoms with Crippen molar-refractivity contribution in [3.8, 4) is 0 Å². The Labute approximate surface area is 214 Å². The van der Waals surface area contributed by atoms with E-state index in [1.54, 1.807) is 30.3 Å². The quantitative estimate of drug-likeness (QED) is 0.368. The van der Waals surface area contributed by atoms with E-state index in [4.69, 9.17) is 4.42 Å². The van der Waals surface area contributed by atoms with E-state index in [1.807, 2.05) is 32.0 Å². The number of benzene rings is 3. The Morgan fingerprint density at radius 2 is 1.78 bits per heavy atom. The molecule has 0 radical (unpaired) electrons. The summed E-state index contributed by atoms with van der Waals surface area (Å²) in [4.78, 5) is 29.5. The zero-order valence-corrected chi connectivity index (χ0v) is 20.9. The maximum Gasteiger partial charge on any atom is 0.337 e. The molecular formula is C30H29N3O4. The van der Waals surface area contributed by atoms with Gasteiger partial charge < -0.3 is 24.6 Å². The Hall–Kier alpha value is -4.26. The maximum atomic E-state index is 13.2. The SMILES string of the molecule is Cc1cc(C(C)Nc2ccccc2C(=O)O)c2oc(N3CC4(CCN4c4ccccc4)C3)cc(=O)c2c1. The zero-order chi connectivity index (χ0) is 25.7. The van der Waals surface area contributed by atoms with E-state index in [-0.39, 0.29) is 22.6 Å². The Kier molecular flexibility index (Phi) is 5.44. The van der Waals surface area contributed by atoms with Crippen LogP contribution in [0.15, 0.2) is 82.0 Å². The van der Waals surface area contributed by atoms with Crippen LogP contribution in [0, 0.1) is 6.92 Å². The van der Waals surface area contributed by atoms with Crippen LogP contribution >= 0.6 is 0 Å². The number of carbonyl (C=O) groups is 1. The second kappa shape index (κ2) is 8.69. The van der Waals surface area contributed by atoms with E-state index in [2.05, 4.69) is 39.4 Å². The van der Waals surface area contributed by atoms with Gasteiger partial charge in [0.2, 0.25) is 0 Å². The van der Waals surface area contributed by atoms with Crippen LogP contribution in [0.3, 0.4) is 0 Å². The smallest absolute Gasteiger partial charge is 0.337 e. The molecule has 3 heterocycles. The molecule has 0 aliphatic carbocycles. The number of hydrogen-bond donors (Lipinski definition) is 2. The first-order chi connectivity index (χ1) is 17.8. The molecule has 3 aromatic carbocycles. The highest BCUT2D eigenvalue weighted by Crippen LogP contribution is 2.44. The van der Waals surface area contributed by atoms with Gasteiger partial charge in [0.25, 0.3) is 0 Å². The monoisotopic (exact) mass is 495 g/mol. The van der Waals surface area contributed by atoms with Crippen LogP contribution in [0.5, 0.6) is 0 Å². The number of fused-ring (bicyclic) bond motifs is 1. The average molecular weight is 496 g/mol. The summed E-state index contributed by atoms with van der Waals surface area (Å²) >= 11 is 0. The number of rotatable bonds is 6. The van der Waals surface area contributed by atoms with E-state index in [1.165, 1.54) is 5.69 Å². The van der Waals surface area contributed by atoms with Gasteiger partial charge in [-0.2, -0.15) is 0 Å². The van der Waals surface area contributed by atoms with Gasteiger partial charge in [-0.25, -0.2) is 4.79 Å². The highest BCUT2D eigenvalue weighted by atomic mass is 16.4. The van der Waals surface area contributed by atoms with Crippen molar-refractivity contribution in [1.29, 1.82) is 0 Å². The lowest BCUT2D eigenvalue weighted by Gasteiger charge is -2.63. The zero-order valence-electron chi connectivity index (χ0n) is 20.9. The fourth-order valence-corrected chi connectivity index (χ4v) is 5.71. The summed E-state index contributed by atoms with van der Waals surface area (Å²) in [7, 11) is 0. The first kappa shape index (κ1) is 23.2. The number of carboxylic acid groups (broad SMARTS) is 1. The average Bonchev–Trinajstić information content (AvgIpc) is 2.83.